The summed E-state index contributed by atoms with van der Waals surface area (Å²) in [6.45, 7) is 4.23. The average molecular weight is 498 g/mol. The predicted molar refractivity (Wildman–Crippen MR) is 118 cm³/mol. The highest BCUT2D eigenvalue weighted by atomic mass is 19.4. The van der Waals surface area contributed by atoms with Crippen LogP contribution in [0.15, 0.2) is 46.5 Å². The van der Waals surface area contributed by atoms with Crippen LogP contribution in [0.4, 0.5) is 32.3 Å². The van der Waals surface area contributed by atoms with Crippen LogP contribution in [0.5, 0.6) is 0 Å². The molecular formula is C23H24F6N6. The molecule has 0 bridgehead atoms. The first kappa shape index (κ1) is 24.9. The van der Waals surface area contributed by atoms with E-state index in [0.717, 1.165) is 29.0 Å². The number of fused-ring (bicyclic) bond motifs is 1. The van der Waals surface area contributed by atoms with Gasteiger partial charge < -0.3 is 4.90 Å². The largest absolute Gasteiger partial charge is 0.416 e. The van der Waals surface area contributed by atoms with Gasteiger partial charge in [0, 0.05) is 13.1 Å². The van der Waals surface area contributed by atoms with E-state index in [-0.39, 0.29) is 30.0 Å². The molecule has 1 aromatic carbocycles. The number of aryl methyl sites for hydroxylation is 1. The van der Waals surface area contributed by atoms with Crippen molar-refractivity contribution in [3.05, 3.63) is 58.2 Å². The standard InChI is InChI=1S/C23H24F6N6/c1-13-7-14(2)20-18(8-13)19(5-4-6-30-20)35(21-31-33-34(3)32-21)12-15-9-16(22(24,25)26)11-17(10-15)23(27,28)29/h7-11,13,19H,4-6,12H2,1-3H3. The number of allylic oxidation sites excluding steroid dienone is 3. The molecule has 0 amide bonds. The maximum absolute atomic E-state index is 13.5. The molecule has 2 aromatic rings. The van der Waals surface area contributed by atoms with Gasteiger partial charge in [0.1, 0.15) is 0 Å². The quantitative estimate of drug-likeness (QED) is 0.531. The Morgan fingerprint density at radius 2 is 1.69 bits per heavy atom. The maximum atomic E-state index is 13.5. The molecule has 2 aliphatic rings. The second kappa shape index (κ2) is 9.12. The Hall–Kier alpha value is -3.18. The van der Waals surface area contributed by atoms with Gasteiger partial charge in [0.2, 0.25) is 0 Å². The molecule has 1 aliphatic carbocycles. The molecule has 12 heteroatoms. The van der Waals surface area contributed by atoms with Crippen LogP contribution in [0.25, 0.3) is 0 Å². The van der Waals surface area contributed by atoms with Gasteiger partial charge in [-0.05, 0) is 65.8 Å². The second-order valence-corrected chi connectivity index (χ2v) is 8.84. The molecule has 1 aliphatic heterocycles. The summed E-state index contributed by atoms with van der Waals surface area (Å²) in [7, 11) is 1.54. The number of nitrogens with zero attached hydrogens (tertiary/aromatic N) is 6. The van der Waals surface area contributed by atoms with E-state index >= 15 is 0 Å². The Bertz CT molecular complexity index is 1160. The Labute approximate surface area is 198 Å². The number of tetrazole rings is 1. The summed E-state index contributed by atoms with van der Waals surface area (Å²) in [4.78, 5) is 7.51. The molecule has 0 fully saturated rings. The fraction of sp³-hybridized carbons (Fsp3) is 0.478. The van der Waals surface area contributed by atoms with Crippen molar-refractivity contribution in [1.82, 2.24) is 20.2 Å². The molecule has 6 nitrogen and oxygen atoms in total. The summed E-state index contributed by atoms with van der Waals surface area (Å²) < 4.78 is 80.8. The van der Waals surface area contributed by atoms with Crippen molar-refractivity contribution in [1.29, 1.82) is 0 Å². The predicted octanol–water partition coefficient (Wildman–Crippen LogP) is 5.38. The Morgan fingerprint density at radius 1 is 1.03 bits per heavy atom. The summed E-state index contributed by atoms with van der Waals surface area (Å²) in [5.74, 6) is 0.206. The smallest absolute Gasteiger partial charge is 0.327 e. The molecule has 188 valence electrons. The number of benzene rings is 1. The number of hydrogen-bond acceptors (Lipinski definition) is 5. The zero-order chi connectivity index (χ0) is 25.5. The van der Waals surface area contributed by atoms with Crippen molar-refractivity contribution in [2.75, 3.05) is 11.4 Å². The van der Waals surface area contributed by atoms with E-state index in [9.17, 15) is 26.3 Å². The SMILES string of the molecule is CC1=CC(C)C=C2C1=NCCCC2N(Cc1cc(C(F)(F)F)cc(C(F)(F)F)c1)c1nnn(C)n1. The molecular weight excluding hydrogens is 474 g/mol. The van der Waals surface area contributed by atoms with Crippen LogP contribution in [0.1, 0.15) is 43.4 Å². The summed E-state index contributed by atoms with van der Waals surface area (Å²) in [6.07, 6.45) is -4.52. The van der Waals surface area contributed by atoms with Crippen LogP contribution >= 0.6 is 0 Å². The highest BCUT2D eigenvalue weighted by Crippen LogP contribution is 2.38. The van der Waals surface area contributed by atoms with Crippen molar-refractivity contribution < 1.29 is 26.3 Å². The monoisotopic (exact) mass is 498 g/mol. The third-order valence-corrected chi connectivity index (χ3v) is 6.00. The van der Waals surface area contributed by atoms with Crippen molar-refractivity contribution in [2.24, 2.45) is 18.0 Å². The molecule has 1 aromatic heterocycles. The van der Waals surface area contributed by atoms with E-state index in [2.05, 4.69) is 26.5 Å². The fourth-order valence-corrected chi connectivity index (χ4v) is 4.57. The summed E-state index contributed by atoms with van der Waals surface area (Å²) in [5.41, 5.74) is -0.236. The number of rotatable bonds is 4. The minimum atomic E-state index is -4.93. The van der Waals surface area contributed by atoms with E-state index in [1.165, 1.54) is 11.8 Å². The lowest BCUT2D eigenvalue weighted by molar-refractivity contribution is -0.143. The number of hydrogen-bond donors (Lipinski definition) is 0. The highest BCUT2D eigenvalue weighted by Gasteiger charge is 2.38. The summed E-state index contributed by atoms with van der Waals surface area (Å²) >= 11 is 0. The van der Waals surface area contributed by atoms with Gasteiger partial charge in [-0.3, -0.25) is 4.99 Å². The van der Waals surface area contributed by atoms with Crippen LogP contribution in [0.2, 0.25) is 0 Å². The summed E-state index contributed by atoms with van der Waals surface area (Å²) in [6, 6.07) is 1.21. The van der Waals surface area contributed by atoms with E-state index < -0.39 is 29.5 Å². The van der Waals surface area contributed by atoms with E-state index in [4.69, 9.17) is 0 Å². The van der Waals surface area contributed by atoms with E-state index in [0.29, 0.717) is 19.4 Å². The molecule has 2 unspecified atom stereocenters. The topological polar surface area (TPSA) is 59.2 Å². The van der Waals surface area contributed by atoms with Gasteiger partial charge >= 0.3 is 12.4 Å². The second-order valence-electron chi connectivity index (χ2n) is 8.84. The molecule has 0 radical (unpaired) electrons. The highest BCUT2D eigenvalue weighted by molar-refractivity contribution is 6.14. The molecule has 0 spiro atoms. The van der Waals surface area contributed by atoms with Gasteiger partial charge in [0.15, 0.2) is 0 Å². The number of anilines is 1. The molecule has 4 rings (SSSR count). The lowest BCUT2D eigenvalue weighted by Crippen LogP contribution is -2.40. The first-order valence-electron chi connectivity index (χ1n) is 11.1. The third kappa shape index (κ3) is 5.40. The van der Waals surface area contributed by atoms with Gasteiger partial charge in [-0.1, -0.05) is 24.2 Å². The third-order valence-electron chi connectivity index (χ3n) is 6.00. The number of halogens is 6. The average Bonchev–Trinajstić information content (AvgIpc) is 3.06. The van der Waals surface area contributed by atoms with Crippen molar-refractivity contribution in [2.45, 2.75) is 51.6 Å². The van der Waals surface area contributed by atoms with Gasteiger partial charge in [0.05, 0.1) is 29.9 Å². The van der Waals surface area contributed by atoms with Gasteiger partial charge in [0.25, 0.3) is 5.95 Å². The first-order chi connectivity index (χ1) is 16.3. The lowest BCUT2D eigenvalue weighted by Gasteiger charge is -2.34. The zero-order valence-corrected chi connectivity index (χ0v) is 19.3. The molecule has 0 N–H and O–H groups in total. The number of alkyl halides is 6. The molecule has 0 saturated carbocycles. The molecule has 2 atom stereocenters. The van der Waals surface area contributed by atoms with Crippen LogP contribution in [0, 0.1) is 5.92 Å². The number of aromatic nitrogens is 4. The minimum absolute atomic E-state index is 0.0895. The maximum Gasteiger partial charge on any atom is 0.416 e. The van der Waals surface area contributed by atoms with Crippen LogP contribution in [0.3, 0.4) is 0 Å². The van der Waals surface area contributed by atoms with E-state index in [1.54, 1.807) is 4.90 Å². The van der Waals surface area contributed by atoms with Gasteiger partial charge in [-0.2, -0.15) is 31.1 Å². The number of aliphatic imine (C=N–C) groups is 1. The van der Waals surface area contributed by atoms with E-state index in [1.807, 2.05) is 19.9 Å². The zero-order valence-electron chi connectivity index (χ0n) is 19.3. The fourth-order valence-electron chi connectivity index (χ4n) is 4.57. The van der Waals surface area contributed by atoms with Crippen molar-refractivity contribution >= 4 is 11.7 Å². The minimum Gasteiger partial charge on any atom is -0.327 e. The molecule has 2 heterocycles. The normalized spacial score (nSPS) is 21.0. The summed E-state index contributed by atoms with van der Waals surface area (Å²) in [5, 5.41) is 12.1. The van der Waals surface area contributed by atoms with Gasteiger partial charge in [-0.15, -0.1) is 5.10 Å². The Balaban J connectivity index is 1.82. The molecule has 0 saturated heterocycles. The van der Waals surface area contributed by atoms with Crippen LogP contribution < -0.4 is 4.90 Å². The van der Waals surface area contributed by atoms with Crippen molar-refractivity contribution in [3.8, 4) is 0 Å². The van der Waals surface area contributed by atoms with Crippen LogP contribution in [-0.2, 0) is 25.9 Å². The first-order valence-corrected chi connectivity index (χ1v) is 11.1. The lowest BCUT2D eigenvalue weighted by atomic mass is 9.85. The van der Waals surface area contributed by atoms with Crippen molar-refractivity contribution in [3.63, 3.8) is 0 Å². The van der Waals surface area contributed by atoms with Gasteiger partial charge in [-0.25, -0.2) is 0 Å². The van der Waals surface area contributed by atoms with Crippen LogP contribution in [-0.4, -0.2) is 38.5 Å². The Kier molecular flexibility index (Phi) is 6.50. The molecule has 35 heavy (non-hydrogen) atoms. The Morgan fingerprint density at radius 3 is 2.26 bits per heavy atom.